The molecule has 0 aliphatic carbocycles. The number of ketones is 3. The summed E-state index contributed by atoms with van der Waals surface area (Å²) in [6, 6.07) is 20.5. The van der Waals surface area contributed by atoms with Crippen LogP contribution in [0.5, 0.6) is 0 Å². The Morgan fingerprint density at radius 1 is 0.460 bits per heavy atom. The summed E-state index contributed by atoms with van der Waals surface area (Å²) in [5, 5.41) is 0. The second-order valence-corrected chi connectivity index (χ2v) is 17.1. The van der Waals surface area contributed by atoms with Gasteiger partial charge >= 0.3 is 17.9 Å². The van der Waals surface area contributed by atoms with Crippen LogP contribution < -0.4 is 0 Å². The van der Waals surface area contributed by atoms with Gasteiger partial charge in [0, 0.05) is 32.9 Å². The number of ether oxygens (including phenoxy) is 3. The predicted octanol–water partition coefficient (Wildman–Crippen LogP) is 14.8. The van der Waals surface area contributed by atoms with E-state index in [1.807, 2.05) is 138 Å². The van der Waals surface area contributed by atoms with Crippen molar-refractivity contribution in [3.63, 3.8) is 0 Å². The maximum atomic E-state index is 12.3. The van der Waals surface area contributed by atoms with Crippen LogP contribution in [0.3, 0.4) is 0 Å². The van der Waals surface area contributed by atoms with E-state index in [2.05, 4.69) is 0 Å². The number of rotatable bonds is 12. The topological polar surface area (TPSA) is 130 Å². The summed E-state index contributed by atoms with van der Waals surface area (Å²) in [6.45, 7) is 38.9. The van der Waals surface area contributed by atoms with Crippen LogP contribution in [-0.2, 0) is 14.2 Å². The standard InChI is InChI=1S/2C16H22O3.C15H20O3.3C2H6.CH4/c1-11(2)10-19-15(18)13-9-7-6-8-12(13)14(17)16(3,4)5;1-6-11(2)19-15(18)13-10-8-7-9-12(13)14(17)16(3,4)5;1-5-10-18-14(17)12-9-7-6-8-11(12)13(16)15(2,3)4;3*1-2;/h6-9,11H,10H2,1-5H3;7-11H,6H2,1-5H3;6-9H,5,10H2,1-4H3;3*1-2H3;1H4. The summed E-state index contributed by atoms with van der Waals surface area (Å²) >= 11 is 0. The van der Waals surface area contributed by atoms with Crippen LogP contribution in [-0.4, -0.2) is 54.6 Å². The van der Waals surface area contributed by atoms with E-state index < -0.39 is 34.2 Å². The average molecular weight is 879 g/mol. The molecule has 0 aliphatic heterocycles. The third-order valence-corrected chi connectivity index (χ3v) is 8.09. The molecule has 0 radical (unpaired) electrons. The van der Waals surface area contributed by atoms with Gasteiger partial charge in [0.05, 0.1) is 36.0 Å². The number of benzene rings is 3. The van der Waals surface area contributed by atoms with Crippen molar-refractivity contribution in [2.45, 2.75) is 165 Å². The highest BCUT2D eigenvalue weighted by atomic mass is 16.5. The SMILES string of the molecule is C.CC.CC.CC.CC(C)COC(=O)c1ccccc1C(=O)C(C)(C)C.CCC(C)OC(=O)c1ccccc1C(=O)C(C)(C)C.CCCOC(=O)c1ccccc1C(=O)C(C)(C)C. The Hall–Kier alpha value is -4.92. The number of Topliss-reactive ketones (excluding diaryl/α,β-unsaturated/α-hetero) is 3. The van der Waals surface area contributed by atoms with Gasteiger partial charge in [-0.3, -0.25) is 14.4 Å². The molecule has 0 fully saturated rings. The summed E-state index contributed by atoms with van der Waals surface area (Å²) in [4.78, 5) is 72.9. The Labute approximate surface area is 383 Å². The summed E-state index contributed by atoms with van der Waals surface area (Å²) in [5.41, 5.74) is 0.803. The molecule has 0 N–H and O–H groups in total. The molecule has 0 aliphatic rings. The number of carbonyl (C=O) groups is 6. The van der Waals surface area contributed by atoms with E-state index in [1.165, 1.54) is 0 Å². The van der Waals surface area contributed by atoms with E-state index in [1.54, 1.807) is 72.8 Å². The molecule has 0 bridgehead atoms. The van der Waals surface area contributed by atoms with E-state index in [0.29, 0.717) is 46.6 Å². The van der Waals surface area contributed by atoms with E-state index in [0.717, 1.165) is 12.8 Å². The predicted molar refractivity (Wildman–Crippen MR) is 262 cm³/mol. The molecule has 3 aromatic rings. The number of carbonyl (C=O) groups excluding carboxylic acids is 6. The maximum Gasteiger partial charge on any atom is 0.339 e. The van der Waals surface area contributed by atoms with E-state index in [-0.39, 0.29) is 36.8 Å². The van der Waals surface area contributed by atoms with Gasteiger partial charge in [-0.15, -0.1) is 0 Å². The molecule has 3 aromatic carbocycles. The maximum absolute atomic E-state index is 12.3. The minimum absolute atomic E-state index is 0. The first-order valence-electron chi connectivity index (χ1n) is 22.3. The van der Waals surface area contributed by atoms with Crippen molar-refractivity contribution in [2.24, 2.45) is 22.2 Å². The first-order chi connectivity index (χ1) is 28.9. The molecule has 0 saturated heterocycles. The van der Waals surface area contributed by atoms with Crippen molar-refractivity contribution in [3.05, 3.63) is 106 Å². The molecule has 0 saturated carbocycles. The molecule has 63 heavy (non-hydrogen) atoms. The lowest BCUT2D eigenvalue weighted by atomic mass is 9.84. The largest absolute Gasteiger partial charge is 0.462 e. The molecule has 0 amide bonds. The summed E-state index contributed by atoms with van der Waals surface area (Å²) < 4.78 is 15.6. The highest BCUT2D eigenvalue weighted by Gasteiger charge is 2.29. The number of esters is 3. The van der Waals surface area contributed by atoms with Crippen LogP contribution in [0.25, 0.3) is 0 Å². The van der Waals surface area contributed by atoms with Gasteiger partial charge in [-0.1, -0.05) is 194 Å². The Bertz CT molecular complexity index is 1800. The second-order valence-electron chi connectivity index (χ2n) is 17.1. The first kappa shape index (κ1) is 64.7. The summed E-state index contributed by atoms with van der Waals surface area (Å²) in [7, 11) is 0. The Kier molecular flexibility index (Phi) is 33.6. The third kappa shape index (κ3) is 23.9. The van der Waals surface area contributed by atoms with Gasteiger partial charge in [-0.2, -0.15) is 0 Å². The average Bonchev–Trinajstić information content (AvgIpc) is 3.25. The molecule has 0 heterocycles. The monoisotopic (exact) mass is 879 g/mol. The van der Waals surface area contributed by atoms with Gasteiger partial charge in [-0.05, 0) is 43.9 Å². The minimum Gasteiger partial charge on any atom is -0.462 e. The molecule has 356 valence electrons. The second kappa shape index (κ2) is 32.7. The summed E-state index contributed by atoms with van der Waals surface area (Å²) in [5.74, 6) is -1.16. The Morgan fingerprint density at radius 3 is 0.984 bits per heavy atom. The van der Waals surface area contributed by atoms with Crippen LogP contribution in [0.15, 0.2) is 72.8 Å². The Balaban J connectivity index is -0.000000387. The fourth-order valence-corrected chi connectivity index (χ4v) is 4.71. The van der Waals surface area contributed by atoms with Gasteiger partial charge in [0.25, 0.3) is 0 Å². The molecule has 1 unspecified atom stereocenters. The van der Waals surface area contributed by atoms with E-state index in [4.69, 9.17) is 14.2 Å². The van der Waals surface area contributed by atoms with Crippen molar-refractivity contribution >= 4 is 35.3 Å². The fourth-order valence-electron chi connectivity index (χ4n) is 4.71. The van der Waals surface area contributed by atoms with Crippen LogP contribution in [0, 0.1) is 22.2 Å². The molecule has 0 spiro atoms. The van der Waals surface area contributed by atoms with Crippen LogP contribution in [0.1, 0.15) is 221 Å². The van der Waals surface area contributed by atoms with Crippen molar-refractivity contribution < 1.29 is 43.0 Å². The Morgan fingerprint density at radius 2 is 0.730 bits per heavy atom. The van der Waals surface area contributed by atoms with Crippen molar-refractivity contribution in [2.75, 3.05) is 13.2 Å². The lowest BCUT2D eigenvalue weighted by Gasteiger charge is -2.19. The lowest BCUT2D eigenvalue weighted by molar-refractivity contribution is 0.0330. The lowest BCUT2D eigenvalue weighted by Crippen LogP contribution is -2.24. The highest BCUT2D eigenvalue weighted by molar-refractivity contribution is 6.10. The van der Waals surface area contributed by atoms with E-state index >= 15 is 0 Å². The van der Waals surface area contributed by atoms with E-state index in [9.17, 15) is 28.8 Å². The van der Waals surface area contributed by atoms with Gasteiger partial charge in [-0.25, -0.2) is 14.4 Å². The number of hydrogen-bond donors (Lipinski definition) is 0. The van der Waals surface area contributed by atoms with Crippen molar-refractivity contribution in [1.29, 1.82) is 0 Å². The normalized spacial score (nSPS) is 10.8. The zero-order valence-corrected chi connectivity index (χ0v) is 42.1. The number of hydrogen-bond acceptors (Lipinski definition) is 9. The fraction of sp³-hybridized carbons (Fsp3) is 0.556. The van der Waals surface area contributed by atoms with Crippen LogP contribution >= 0.6 is 0 Å². The van der Waals surface area contributed by atoms with Gasteiger partial charge in [0.15, 0.2) is 17.3 Å². The van der Waals surface area contributed by atoms with Gasteiger partial charge < -0.3 is 14.2 Å². The molecule has 1 atom stereocenters. The molecule has 9 nitrogen and oxygen atoms in total. The van der Waals surface area contributed by atoms with Gasteiger partial charge in [0.2, 0.25) is 0 Å². The van der Waals surface area contributed by atoms with Crippen LogP contribution in [0.4, 0.5) is 0 Å². The molecule has 3 rings (SSSR count). The summed E-state index contributed by atoms with van der Waals surface area (Å²) in [6.07, 6.45) is 1.37. The first-order valence-corrected chi connectivity index (χ1v) is 22.3. The van der Waals surface area contributed by atoms with Crippen molar-refractivity contribution in [3.8, 4) is 0 Å². The highest BCUT2D eigenvalue weighted by Crippen LogP contribution is 2.26. The molecular weight excluding hydrogens is 793 g/mol. The molecule has 0 aromatic heterocycles. The van der Waals surface area contributed by atoms with Crippen LogP contribution in [0.2, 0.25) is 0 Å². The zero-order valence-electron chi connectivity index (χ0n) is 42.1. The quantitative estimate of drug-likeness (QED) is 0.0991. The minimum atomic E-state index is -0.521. The van der Waals surface area contributed by atoms with Gasteiger partial charge in [0.1, 0.15) is 0 Å². The smallest absolute Gasteiger partial charge is 0.339 e. The third-order valence-electron chi connectivity index (χ3n) is 8.09. The molecular formula is C54H86O9. The molecule has 9 heteroatoms. The zero-order chi connectivity index (χ0) is 49.0. The van der Waals surface area contributed by atoms with Crippen molar-refractivity contribution in [1.82, 2.24) is 0 Å².